The summed E-state index contributed by atoms with van der Waals surface area (Å²) in [6.45, 7) is 5.83. The molecule has 22 heavy (non-hydrogen) atoms. The van der Waals surface area contributed by atoms with Crippen molar-refractivity contribution in [2.45, 2.75) is 32.8 Å². The number of rotatable bonds is 5. The first-order valence-corrected chi connectivity index (χ1v) is 7.38. The van der Waals surface area contributed by atoms with E-state index in [-0.39, 0.29) is 5.56 Å². The highest BCUT2D eigenvalue weighted by molar-refractivity contribution is 5.67. The number of aromatic nitrogens is 2. The highest BCUT2D eigenvalue weighted by Crippen LogP contribution is 2.29. The van der Waals surface area contributed by atoms with Gasteiger partial charge in [0.05, 0.1) is 23.5 Å². The monoisotopic (exact) mass is 302 g/mol. The van der Waals surface area contributed by atoms with Crippen LogP contribution in [0.2, 0.25) is 0 Å². The summed E-state index contributed by atoms with van der Waals surface area (Å²) in [5.41, 5.74) is 0.183. The van der Waals surface area contributed by atoms with Crippen molar-refractivity contribution in [1.29, 1.82) is 0 Å². The summed E-state index contributed by atoms with van der Waals surface area (Å²) >= 11 is 0. The molecule has 1 N–H and O–H groups in total. The van der Waals surface area contributed by atoms with Gasteiger partial charge in [-0.2, -0.15) is 5.10 Å². The molecular formula is C17H22N2O3. The summed E-state index contributed by atoms with van der Waals surface area (Å²) in [4.78, 5) is 12.2. The Hall–Kier alpha value is -2.14. The molecule has 0 fully saturated rings. The Morgan fingerprint density at radius 2 is 2.00 bits per heavy atom. The molecule has 0 unspecified atom stereocenters. The molecule has 0 spiro atoms. The molecule has 2 aromatic rings. The quantitative estimate of drug-likeness (QED) is 0.921. The van der Waals surface area contributed by atoms with Crippen molar-refractivity contribution in [3.63, 3.8) is 0 Å². The fourth-order valence-electron chi connectivity index (χ4n) is 2.19. The van der Waals surface area contributed by atoms with Crippen molar-refractivity contribution >= 4 is 0 Å². The van der Waals surface area contributed by atoms with Crippen LogP contribution in [-0.4, -0.2) is 21.5 Å². The van der Waals surface area contributed by atoms with Crippen molar-refractivity contribution in [2.75, 3.05) is 6.61 Å². The van der Waals surface area contributed by atoms with Gasteiger partial charge in [0.25, 0.3) is 5.56 Å². The number of hydrogen-bond donors (Lipinski definition) is 1. The van der Waals surface area contributed by atoms with Crippen molar-refractivity contribution in [3.05, 3.63) is 46.2 Å². The first-order valence-electron chi connectivity index (χ1n) is 7.38. The average Bonchev–Trinajstić information content (AvgIpc) is 2.47. The van der Waals surface area contributed by atoms with Gasteiger partial charge in [-0.05, 0) is 38.5 Å². The lowest BCUT2D eigenvalue weighted by molar-refractivity contribution is 0.0763. The van der Waals surface area contributed by atoms with Crippen molar-refractivity contribution in [2.24, 2.45) is 7.05 Å². The Labute approximate surface area is 130 Å². The third kappa shape index (κ3) is 3.36. The summed E-state index contributed by atoms with van der Waals surface area (Å²) in [7, 11) is 1.58. The van der Waals surface area contributed by atoms with Crippen LogP contribution < -0.4 is 10.3 Å². The van der Waals surface area contributed by atoms with E-state index < -0.39 is 5.60 Å². The third-order valence-corrected chi connectivity index (χ3v) is 3.35. The molecule has 0 atom stereocenters. The first kappa shape index (κ1) is 16.2. The van der Waals surface area contributed by atoms with Crippen molar-refractivity contribution in [3.8, 4) is 17.0 Å². The van der Waals surface area contributed by atoms with E-state index in [4.69, 9.17) is 4.74 Å². The van der Waals surface area contributed by atoms with E-state index in [1.54, 1.807) is 27.0 Å². The second kappa shape index (κ2) is 6.32. The highest BCUT2D eigenvalue weighted by Gasteiger charge is 2.23. The second-order valence-electron chi connectivity index (χ2n) is 5.78. The molecule has 0 aliphatic heterocycles. The van der Waals surface area contributed by atoms with Crippen LogP contribution in [0.15, 0.2) is 35.1 Å². The molecule has 0 saturated heterocycles. The van der Waals surface area contributed by atoms with E-state index in [0.717, 1.165) is 17.7 Å². The Balaban J connectivity index is 2.59. The lowest BCUT2D eigenvalue weighted by Gasteiger charge is -2.19. The van der Waals surface area contributed by atoms with Crippen LogP contribution in [0.1, 0.15) is 32.8 Å². The van der Waals surface area contributed by atoms with E-state index in [2.05, 4.69) is 5.10 Å². The van der Waals surface area contributed by atoms with Crippen LogP contribution >= 0.6 is 0 Å². The van der Waals surface area contributed by atoms with Crippen LogP contribution in [-0.2, 0) is 12.6 Å². The van der Waals surface area contributed by atoms with Gasteiger partial charge >= 0.3 is 0 Å². The largest absolute Gasteiger partial charge is 0.493 e. The molecule has 0 amide bonds. The Bertz CT molecular complexity index is 715. The molecule has 1 aromatic carbocycles. The lowest BCUT2D eigenvalue weighted by Crippen LogP contribution is -2.32. The van der Waals surface area contributed by atoms with Crippen LogP contribution in [0.25, 0.3) is 11.3 Å². The first-order chi connectivity index (χ1) is 10.3. The van der Waals surface area contributed by atoms with Gasteiger partial charge in [0, 0.05) is 12.6 Å². The van der Waals surface area contributed by atoms with Crippen LogP contribution in [0, 0.1) is 0 Å². The number of ether oxygens (including phenoxy) is 1. The van der Waals surface area contributed by atoms with Gasteiger partial charge in [0.1, 0.15) is 5.75 Å². The Morgan fingerprint density at radius 3 is 2.64 bits per heavy atom. The maximum absolute atomic E-state index is 12.2. The van der Waals surface area contributed by atoms with Gasteiger partial charge in [0.2, 0.25) is 0 Å². The summed E-state index contributed by atoms with van der Waals surface area (Å²) in [6, 6.07) is 9.20. The molecule has 0 bridgehead atoms. The predicted molar refractivity (Wildman–Crippen MR) is 85.9 cm³/mol. The van der Waals surface area contributed by atoms with Gasteiger partial charge in [-0.1, -0.05) is 19.1 Å². The molecule has 0 aliphatic rings. The minimum Gasteiger partial charge on any atom is -0.493 e. The zero-order valence-electron chi connectivity index (χ0n) is 13.5. The molecule has 118 valence electrons. The van der Waals surface area contributed by atoms with Gasteiger partial charge in [-0.3, -0.25) is 4.79 Å². The van der Waals surface area contributed by atoms with Crippen molar-refractivity contribution < 1.29 is 9.84 Å². The van der Waals surface area contributed by atoms with Crippen LogP contribution in [0.3, 0.4) is 0 Å². The van der Waals surface area contributed by atoms with Gasteiger partial charge in [0.15, 0.2) is 0 Å². The summed E-state index contributed by atoms with van der Waals surface area (Å²) in [5.74, 6) is 0.720. The van der Waals surface area contributed by atoms with E-state index in [0.29, 0.717) is 17.9 Å². The summed E-state index contributed by atoms with van der Waals surface area (Å²) < 4.78 is 7.00. The van der Waals surface area contributed by atoms with Crippen LogP contribution in [0.4, 0.5) is 0 Å². The van der Waals surface area contributed by atoms with Crippen molar-refractivity contribution in [1.82, 2.24) is 9.78 Å². The van der Waals surface area contributed by atoms with Gasteiger partial charge in [-0.25, -0.2) is 4.68 Å². The molecule has 5 heteroatoms. The molecule has 0 aliphatic carbocycles. The van der Waals surface area contributed by atoms with Gasteiger partial charge < -0.3 is 9.84 Å². The normalized spacial score (nSPS) is 11.5. The molecule has 5 nitrogen and oxygen atoms in total. The number of hydrogen-bond acceptors (Lipinski definition) is 4. The van der Waals surface area contributed by atoms with Crippen LogP contribution in [0.5, 0.6) is 5.75 Å². The third-order valence-electron chi connectivity index (χ3n) is 3.35. The number of nitrogens with zero attached hydrogens (tertiary/aromatic N) is 2. The van der Waals surface area contributed by atoms with E-state index in [1.807, 2.05) is 31.2 Å². The second-order valence-corrected chi connectivity index (χ2v) is 5.78. The fourth-order valence-corrected chi connectivity index (χ4v) is 2.19. The number of aliphatic hydroxyl groups is 1. The fraction of sp³-hybridized carbons (Fsp3) is 0.412. The number of aryl methyl sites for hydroxylation is 1. The summed E-state index contributed by atoms with van der Waals surface area (Å²) in [5, 5.41) is 14.5. The average molecular weight is 302 g/mol. The zero-order chi connectivity index (χ0) is 16.3. The maximum Gasteiger partial charge on any atom is 0.272 e. The lowest BCUT2D eigenvalue weighted by atomic mass is 9.98. The van der Waals surface area contributed by atoms with E-state index in [9.17, 15) is 9.90 Å². The molecule has 2 rings (SSSR count). The number of benzene rings is 1. The summed E-state index contributed by atoms with van der Waals surface area (Å²) in [6.07, 6.45) is 0.907. The molecule has 1 heterocycles. The Kier molecular flexibility index (Phi) is 4.66. The minimum absolute atomic E-state index is 0.303. The predicted octanol–water partition coefficient (Wildman–Crippen LogP) is 2.46. The molecular weight excluding hydrogens is 280 g/mol. The topological polar surface area (TPSA) is 64.3 Å². The minimum atomic E-state index is -1.23. The molecule has 1 aromatic heterocycles. The number of para-hydroxylation sites is 1. The van der Waals surface area contributed by atoms with Gasteiger partial charge in [-0.15, -0.1) is 0 Å². The highest BCUT2D eigenvalue weighted by atomic mass is 16.5. The van der Waals surface area contributed by atoms with E-state index in [1.165, 1.54) is 4.68 Å². The smallest absolute Gasteiger partial charge is 0.272 e. The molecule has 0 saturated carbocycles. The molecule has 0 radical (unpaired) electrons. The standard InChI is InChI=1S/C17H22N2O3/c1-5-10-22-15-9-7-6-8-12(15)14-11-13(17(2,3)21)16(20)19(4)18-14/h6-9,11,21H,5,10H2,1-4H3. The SMILES string of the molecule is CCCOc1ccccc1-c1cc(C(C)(C)O)c(=O)n(C)n1. The maximum atomic E-state index is 12.2. The zero-order valence-corrected chi connectivity index (χ0v) is 13.5. The Morgan fingerprint density at radius 1 is 1.32 bits per heavy atom. The van der Waals surface area contributed by atoms with E-state index >= 15 is 0 Å².